The standard InChI is InChI=1S/C8H10N4O/c1-11-4-3-9-7(11)8-10-6(13)5-12(8)2/h3-5,13H,1-2H3. The Morgan fingerprint density at radius 1 is 1.23 bits per heavy atom. The third kappa shape index (κ3) is 1.18. The number of hydrogen-bond donors (Lipinski definition) is 1. The molecule has 2 aromatic rings. The maximum atomic E-state index is 9.15. The first kappa shape index (κ1) is 7.85. The lowest BCUT2D eigenvalue weighted by Gasteiger charge is -1.99. The lowest BCUT2D eigenvalue weighted by Crippen LogP contribution is -1.98. The zero-order chi connectivity index (χ0) is 9.42. The zero-order valence-corrected chi connectivity index (χ0v) is 7.47. The second kappa shape index (κ2) is 2.62. The number of aromatic nitrogens is 4. The van der Waals surface area contributed by atoms with Crippen LogP contribution in [0.25, 0.3) is 11.6 Å². The van der Waals surface area contributed by atoms with Gasteiger partial charge in [-0.2, -0.15) is 4.98 Å². The van der Waals surface area contributed by atoms with Crippen molar-refractivity contribution < 1.29 is 5.11 Å². The summed E-state index contributed by atoms with van der Waals surface area (Å²) >= 11 is 0. The van der Waals surface area contributed by atoms with Crippen molar-refractivity contribution in [3.63, 3.8) is 0 Å². The molecule has 0 radical (unpaired) electrons. The highest BCUT2D eigenvalue weighted by Crippen LogP contribution is 2.17. The molecule has 0 saturated heterocycles. The Balaban J connectivity index is 2.58. The van der Waals surface area contributed by atoms with Gasteiger partial charge >= 0.3 is 0 Å². The Labute approximate surface area is 75.3 Å². The molecule has 0 bridgehead atoms. The van der Waals surface area contributed by atoms with Crippen molar-refractivity contribution in [2.45, 2.75) is 0 Å². The predicted octanol–water partition coefficient (Wildman–Crippen LogP) is 0.526. The molecule has 0 aromatic carbocycles. The number of nitrogens with zero attached hydrogens (tertiary/aromatic N) is 4. The molecule has 2 rings (SSSR count). The molecule has 13 heavy (non-hydrogen) atoms. The van der Waals surface area contributed by atoms with E-state index in [-0.39, 0.29) is 5.88 Å². The van der Waals surface area contributed by atoms with Crippen LogP contribution in [0.4, 0.5) is 0 Å². The molecule has 2 heterocycles. The average molecular weight is 178 g/mol. The third-order valence-electron chi connectivity index (χ3n) is 1.88. The quantitative estimate of drug-likeness (QED) is 0.692. The number of aryl methyl sites for hydroxylation is 2. The number of hydrogen-bond acceptors (Lipinski definition) is 3. The molecule has 0 atom stereocenters. The van der Waals surface area contributed by atoms with Gasteiger partial charge in [0.1, 0.15) is 0 Å². The van der Waals surface area contributed by atoms with Gasteiger partial charge in [-0.3, -0.25) is 0 Å². The molecular weight excluding hydrogens is 168 g/mol. The Morgan fingerprint density at radius 2 is 2.00 bits per heavy atom. The van der Waals surface area contributed by atoms with Crippen molar-refractivity contribution in [1.29, 1.82) is 0 Å². The van der Waals surface area contributed by atoms with Crippen LogP contribution in [0.5, 0.6) is 5.88 Å². The molecule has 5 heteroatoms. The highest BCUT2D eigenvalue weighted by molar-refractivity contribution is 5.46. The summed E-state index contributed by atoms with van der Waals surface area (Å²) < 4.78 is 3.58. The molecule has 0 saturated carbocycles. The summed E-state index contributed by atoms with van der Waals surface area (Å²) in [7, 11) is 3.70. The van der Waals surface area contributed by atoms with Crippen LogP contribution < -0.4 is 0 Å². The summed E-state index contributed by atoms with van der Waals surface area (Å²) in [6, 6.07) is 0. The van der Waals surface area contributed by atoms with Crippen LogP contribution in [-0.4, -0.2) is 24.2 Å². The summed E-state index contributed by atoms with van der Waals surface area (Å²) in [5, 5.41) is 9.15. The van der Waals surface area contributed by atoms with E-state index >= 15 is 0 Å². The fourth-order valence-corrected chi connectivity index (χ4v) is 1.24. The van der Waals surface area contributed by atoms with E-state index in [2.05, 4.69) is 9.97 Å². The summed E-state index contributed by atoms with van der Waals surface area (Å²) in [6.07, 6.45) is 5.08. The number of aromatic hydroxyl groups is 1. The molecule has 5 nitrogen and oxygen atoms in total. The molecule has 0 aliphatic carbocycles. The first-order valence-electron chi connectivity index (χ1n) is 3.88. The average Bonchev–Trinajstić information content (AvgIpc) is 2.58. The molecule has 0 aliphatic heterocycles. The monoisotopic (exact) mass is 178 g/mol. The Morgan fingerprint density at radius 3 is 2.46 bits per heavy atom. The van der Waals surface area contributed by atoms with Gasteiger partial charge in [0, 0.05) is 26.5 Å². The van der Waals surface area contributed by atoms with Crippen LogP contribution in [0, 0.1) is 0 Å². The van der Waals surface area contributed by atoms with E-state index in [0.717, 1.165) is 5.82 Å². The van der Waals surface area contributed by atoms with E-state index in [4.69, 9.17) is 5.11 Å². The summed E-state index contributed by atoms with van der Waals surface area (Å²) in [6.45, 7) is 0. The van der Waals surface area contributed by atoms with Gasteiger partial charge in [-0.1, -0.05) is 0 Å². The first-order chi connectivity index (χ1) is 6.18. The molecule has 0 aliphatic rings. The van der Waals surface area contributed by atoms with Gasteiger partial charge in [0.05, 0.1) is 6.20 Å². The second-order valence-corrected chi connectivity index (χ2v) is 2.90. The molecule has 1 N–H and O–H groups in total. The lowest BCUT2D eigenvalue weighted by molar-refractivity contribution is 0.456. The van der Waals surface area contributed by atoms with Crippen molar-refractivity contribution in [3.8, 4) is 17.5 Å². The minimum Gasteiger partial charge on any atom is -0.492 e. The number of imidazole rings is 2. The largest absolute Gasteiger partial charge is 0.492 e. The molecule has 0 spiro atoms. The van der Waals surface area contributed by atoms with E-state index in [0.29, 0.717) is 5.82 Å². The highest BCUT2D eigenvalue weighted by atomic mass is 16.3. The van der Waals surface area contributed by atoms with Crippen LogP contribution in [0.2, 0.25) is 0 Å². The molecule has 2 aromatic heterocycles. The van der Waals surface area contributed by atoms with E-state index in [9.17, 15) is 0 Å². The lowest BCUT2D eigenvalue weighted by atomic mass is 10.5. The van der Waals surface area contributed by atoms with Gasteiger partial charge < -0.3 is 14.2 Å². The van der Waals surface area contributed by atoms with Gasteiger partial charge in [0.2, 0.25) is 5.88 Å². The smallest absolute Gasteiger partial charge is 0.229 e. The zero-order valence-electron chi connectivity index (χ0n) is 7.47. The minimum absolute atomic E-state index is 0.0144. The van der Waals surface area contributed by atoms with Crippen molar-refractivity contribution in [1.82, 2.24) is 19.1 Å². The highest BCUT2D eigenvalue weighted by Gasteiger charge is 2.10. The van der Waals surface area contributed by atoms with Gasteiger partial charge in [-0.25, -0.2) is 4.98 Å². The Bertz CT molecular complexity index is 429. The third-order valence-corrected chi connectivity index (χ3v) is 1.88. The fourth-order valence-electron chi connectivity index (χ4n) is 1.24. The summed E-state index contributed by atoms with van der Waals surface area (Å²) in [4.78, 5) is 8.08. The van der Waals surface area contributed by atoms with Crippen molar-refractivity contribution in [2.75, 3.05) is 0 Å². The van der Waals surface area contributed by atoms with Crippen molar-refractivity contribution in [3.05, 3.63) is 18.6 Å². The second-order valence-electron chi connectivity index (χ2n) is 2.90. The van der Waals surface area contributed by atoms with Crippen molar-refractivity contribution in [2.24, 2.45) is 14.1 Å². The molecule has 68 valence electrons. The van der Waals surface area contributed by atoms with E-state index < -0.39 is 0 Å². The van der Waals surface area contributed by atoms with E-state index in [1.54, 1.807) is 17.0 Å². The van der Waals surface area contributed by atoms with Crippen LogP contribution in [-0.2, 0) is 14.1 Å². The maximum absolute atomic E-state index is 9.15. The van der Waals surface area contributed by atoms with Crippen LogP contribution in [0.3, 0.4) is 0 Å². The first-order valence-corrected chi connectivity index (χ1v) is 3.88. The maximum Gasteiger partial charge on any atom is 0.229 e. The summed E-state index contributed by atoms with van der Waals surface area (Å²) in [5.41, 5.74) is 0. The van der Waals surface area contributed by atoms with E-state index in [1.165, 1.54) is 0 Å². The SMILES string of the molecule is Cn1ccnc1-c1nc(O)cn1C. The topological polar surface area (TPSA) is 55.9 Å². The Hall–Kier alpha value is -1.78. The van der Waals surface area contributed by atoms with Crippen LogP contribution >= 0.6 is 0 Å². The van der Waals surface area contributed by atoms with Crippen LogP contribution in [0.15, 0.2) is 18.6 Å². The predicted molar refractivity (Wildman–Crippen MR) is 47.1 cm³/mol. The fraction of sp³-hybridized carbons (Fsp3) is 0.250. The van der Waals surface area contributed by atoms with Crippen molar-refractivity contribution >= 4 is 0 Å². The van der Waals surface area contributed by atoms with Crippen LogP contribution in [0.1, 0.15) is 0 Å². The molecule has 0 amide bonds. The molecule has 0 unspecified atom stereocenters. The molecular formula is C8H10N4O. The van der Waals surface area contributed by atoms with Gasteiger partial charge in [0.25, 0.3) is 0 Å². The Kier molecular flexibility index (Phi) is 1.58. The van der Waals surface area contributed by atoms with Gasteiger partial charge in [-0.05, 0) is 0 Å². The number of rotatable bonds is 1. The minimum atomic E-state index is 0.0144. The normalized spacial score (nSPS) is 10.6. The summed E-state index contributed by atoms with van der Waals surface area (Å²) in [5.74, 6) is 1.41. The van der Waals surface area contributed by atoms with Gasteiger partial charge in [-0.15, -0.1) is 0 Å². The molecule has 0 fully saturated rings. The van der Waals surface area contributed by atoms with Gasteiger partial charge in [0.15, 0.2) is 11.6 Å². The van der Waals surface area contributed by atoms with E-state index in [1.807, 2.05) is 24.9 Å².